The molecule has 8 nitrogen and oxygen atoms in total. The van der Waals surface area contributed by atoms with E-state index in [0.717, 1.165) is 18.7 Å². The lowest BCUT2D eigenvalue weighted by atomic mass is 9.97. The number of aromatic nitrogens is 2. The maximum Gasteiger partial charge on any atom is 0.354 e. The van der Waals surface area contributed by atoms with Crippen LogP contribution in [0.1, 0.15) is 23.8 Å². The molecule has 2 aromatic rings. The van der Waals surface area contributed by atoms with Crippen molar-refractivity contribution in [2.75, 3.05) is 28.2 Å². The molecule has 2 N–H and O–H groups in total. The smallest absolute Gasteiger partial charge is 0.354 e. The summed E-state index contributed by atoms with van der Waals surface area (Å²) in [6.45, 7) is 3.47. The molecular formula is C17H17N5O3. The number of anilines is 3. The minimum absolute atomic E-state index is 0.0829. The number of nitrogens with one attached hydrogen (secondary N) is 1. The fourth-order valence-corrected chi connectivity index (χ4v) is 3.50. The van der Waals surface area contributed by atoms with Crippen LogP contribution in [0.2, 0.25) is 0 Å². The summed E-state index contributed by atoms with van der Waals surface area (Å²) < 4.78 is 0. The molecule has 4 heterocycles. The van der Waals surface area contributed by atoms with Gasteiger partial charge in [-0.3, -0.25) is 10.2 Å². The molecule has 4 rings (SSSR count). The molecule has 0 aliphatic carbocycles. The molecule has 1 atom stereocenters. The van der Waals surface area contributed by atoms with Crippen molar-refractivity contribution < 1.29 is 14.7 Å². The first-order chi connectivity index (χ1) is 12.0. The van der Waals surface area contributed by atoms with Crippen molar-refractivity contribution in [3.63, 3.8) is 0 Å². The second-order valence-electron chi connectivity index (χ2n) is 6.49. The van der Waals surface area contributed by atoms with E-state index in [1.807, 2.05) is 6.92 Å². The number of pyridine rings is 2. The fourth-order valence-electron chi connectivity index (χ4n) is 3.50. The number of carbonyl (C=O) groups is 2. The molecule has 0 saturated carbocycles. The third kappa shape index (κ3) is 2.46. The van der Waals surface area contributed by atoms with Crippen LogP contribution in [0.3, 0.4) is 0 Å². The standard InChI is InChI=1S/C17H17N5O3/c1-17-7-9-21(10-17)12-6-5-11(15(23)24)19-14(12)22(17)16(25)20-13-4-2-3-8-18-13/h2-6,8H,7,9-10H2,1H3,(H,23,24)(H,18,20,25)/t17-/m1/s1. The largest absolute Gasteiger partial charge is 0.477 e. The fraction of sp³-hybridized carbons (Fsp3) is 0.294. The van der Waals surface area contributed by atoms with Gasteiger partial charge in [0, 0.05) is 19.3 Å². The number of carbonyl (C=O) groups excluding carboxylic acids is 1. The zero-order valence-corrected chi connectivity index (χ0v) is 13.6. The van der Waals surface area contributed by atoms with Crippen molar-refractivity contribution in [3.05, 3.63) is 42.2 Å². The van der Waals surface area contributed by atoms with E-state index in [1.54, 1.807) is 35.4 Å². The molecule has 2 amide bonds. The van der Waals surface area contributed by atoms with Gasteiger partial charge in [-0.05, 0) is 37.6 Å². The highest BCUT2D eigenvalue weighted by molar-refractivity contribution is 6.05. The van der Waals surface area contributed by atoms with Crippen LogP contribution in [0.4, 0.5) is 22.1 Å². The molecule has 0 aromatic carbocycles. The second-order valence-corrected chi connectivity index (χ2v) is 6.49. The molecule has 8 heteroatoms. The lowest BCUT2D eigenvalue weighted by Crippen LogP contribution is -2.56. The van der Waals surface area contributed by atoms with E-state index in [2.05, 4.69) is 20.2 Å². The van der Waals surface area contributed by atoms with E-state index >= 15 is 0 Å². The number of rotatable bonds is 2. The SMILES string of the molecule is C[C@@]12CCN(C1)c1ccc(C(=O)O)nc1N2C(=O)Nc1ccccn1. The second kappa shape index (κ2) is 5.44. The average Bonchev–Trinajstić information content (AvgIpc) is 2.93. The topological polar surface area (TPSA) is 98.7 Å². The van der Waals surface area contributed by atoms with E-state index in [-0.39, 0.29) is 11.7 Å². The van der Waals surface area contributed by atoms with Crippen LogP contribution < -0.4 is 15.1 Å². The normalized spacial score (nSPS) is 21.0. The van der Waals surface area contributed by atoms with Gasteiger partial charge in [-0.1, -0.05) is 6.07 Å². The van der Waals surface area contributed by atoms with Gasteiger partial charge in [-0.15, -0.1) is 0 Å². The van der Waals surface area contributed by atoms with E-state index in [1.165, 1.54) is 6.07 Å². The third-order valence-electron chi connectivity index (χ3n) is 4.72. The summed E-state index contributed by atoms with van der Waals surface area (Å²) in [5, 5.41) is 12.0. The highest BCUT2D eigenvalue weighted by Gasteiger charge is 2.49. The molecule has 2 bridgehead atoms. The number of fused-ring (bicyclic) bond motifs is 4. The average molecular weight is 339 g/mol. The molecular weight excluding hydrogens is 322 g/mol. The van der Waals surface area contributed by atoms with Gasteiger partial charge in [0.1, 0.15) is 5.82 Å². The molecule has 128 valence electrons. The number of aromatic carboxylic acids is 1. The summed E-state index contributed by atoms with van der Waals surface area (Å²) in [4.78, 5) is 36.4. The van der Waals surface area contributed by atoms with Gasteiger partial charge in [-0.25, -0.2) is 19.6 Å². The highest BCUT2D eigenvalue weighted by atomic mass is 16.4. The van der Waals surface area contributed by atoms with Gasteiger partial charge in [0.25, 0.3) is 0 Å². The van der Waals surface area contributed by atoms with Crippen molar-refractivity contribution in [1.29, 1.82) is 0 Å². The van der Waals surface area contributed by atoms with E-state index < -0.39 is 11.5 Å². The number of nitrogens with zero attached hydrogens (tertiary/aromatic N) is 4. The Kier molecular flexibility index (Phi) is 3.34. The molecule has 1 fully saturated rings. The maximum atomic E-state index is 13.0. The molecule has 0 radical (unpaired) electrons. The Balaban J connectivity index is 1.77. The Labute approximate surface area is 144 Å². The van der Waals surface area contributed by atoms with Gasteiger partial charge in [0.05, 0.1) is 11.2 Å². The molecule has 2 aliphatic rings. The van der Waals surface area contributed by atoms with Crippen molar-refractivity contribution in [2.24, 2.45) is 0 Å². The summed E-state index contributed by atoms with van der Waals surface area (Å²) in [7, 11) is 0. The summed E-state index contributed by atoms with van der Waals surface area (Å²) in [5.41, 5.74) is 0.243. The number of urea groups is 1. The lowest BCUT2D eigenvalue weighted by molar-refractivity contribution is 0.0690. The first-order valence-electron chi connectivity index (χ1n) is 7.99. The quantitative estimate of drug-likeness (QED) is 0.870. The molecule has 25 heavy (non-hydrogen) atoms. The number of hydrogen-bond donors (Lipinski definition) is 2. The first-order valence-corrected chi connectivity index (χ1v) is 7.99. The van der Waals surface area contributed by atoms with Crippen LogP contribution in [0.5, 0.6) is 0 Å². The Morgan fingerprint density at radius 2 is 2.12 bits per heavy atom. The van der Waals surface area contributed by atoms with E-state index in [9.17, 15) is 14.7 Å². The lowest BCUT2D eigenvalue weighted by Gasteiger charge is -2.42. The summed E-state index contributed by atoms with van der Waals surface area (Å²) in [5.74, 6) is -0.307. The molecule has 2 aliphatic heterocycles. The Bertz CT molecular complexity index is 857. The predicted octanol–water partition coefficient (Wildman–Crippen LogP) is 2.20. The first kappa shape index (κ1) is 15.4. The van der Waals surface area contributed by atoms with Crippen molar-refractivity contribution in [3.8, 4) is 0 Å². The zero-order valence-electron chi connectivity index (χ0n) is 13.6. The van der Waals surface area contributed by atoms with Crippen molar-refractivity contribution in [1.82, 2.24) is 9.97 Å². The highest BCUT2D eigenvalue weighted by Crippen LogP contribution is 2.44. The summed E-state index contributed by atoms with van der Waals surface area (Å²) in [6.07, 6.45) is 2.38. The van der Waals surface area contributed by atoms with Crippen LogP contribution in [-0.4, -0.2) is 45.7 Å². The Morgan fingerprint density at radius 1 is 1.28 bits per heavy atom. The maximum absolute atomic E-state index is 13.0. The van der Waals surface area contributed by atoms with Crippen molar-refractivity contribution in [2.45, 2.75) is 18.9 Å². The minimum Gasteiger partial charge on any atom is -0.477 e. The molecule has 2 aromatic heterocycles. The minimum atomic E-state index is -1.12. The number of carboxylic acid groups (broad SMARTS) is 1. The predicted molar refractivity (Wildman–Crippen MR) is 92.2 cm³/mol. The summed E-state index contributed by atoms with van der Waals surface area (Å²) in [6, 6.07) is 8.08. The van der Waals surface area contributed by atoms with Gasteiger partial charge in [-0.2, -0.15) is 0 Å². The number of hydrogen-bond acceptors (Lipinski definition) is 5. The van der Waals surface area contributed by atoms with Gasteiger partial charge in [0.15, 0.2) is 11.5 Å². The van der Waals surface area contributed by atoms with Gasteiger partial charge < -0.3 is 10.0 Å². The molecule has 1 saturated heterocycles. The van der Waals surface area contributed by atoms with Gasteiger partial charge >= 0.3 is 12.0 Å². The molecule has 0 spiro atoms. The van der Waals surface area contributed by atoms with Crippen LogP contribution in [-0.2, 0) is 0 Å². The summed E-state index contributed by atoms with van der Waals surface area (Å²) >= 11 is 0. The zero-order chi connectivity index (χ0) is 17.6. The van der Waals surface area contributed by atoms with Crippen LogP contribution in [0, 0.1) is 0 Å². The third-order valence-corrected chi connectivity index (χ3v) is 4.72. The number of amides is 2. The van der Waals surface area contributed by atoms with E-state index in [0.29, 0.717) is 18.2 Å². The Hall–Kier alpha value is -3.16. The van der Waals surface area contributed by atoms with Gasteiger partial charge in [0.2, 0.25) is 0 Å². The monoisotopic (exact) mass is 339 g/mol. The van der Waals surface area contributed by atoms with E-state index in [4.69, 9.17) is 0 Å². The van der Waals surface area contributed by atoms with Crippen LogP contribution in [0.25, 0.3) is 0 Å². The molecule has 0 unspecified atom stereocenters. The Morgan fingerprint density at radius 3 is 2.84 bits per heavy atom. The number of carboxylic acids is 1. The van der Waals surface area contributed by atoms with Crippen LogP contribution >= 0.6 is 0 Å². The van der Waals surface area contributed by atoms with Crippen molar-refractivity contribution >= 4 is 29.3 Å². The van der Waals surface area contributed by atoms with Crippen LogP contribution in [0.15, 0.2) is 36.5 Å².